The van der Waals surface area contributed by atoms with Gasteiger partial charge >= 0.3 is 0 Å². The van der Waals surface area contributed by atoms with Crippen LogP contribution in [0, 0.1) is 5.82 Å². The molecule has 2 rings (SSSR count). The van der Waals surface area contributed by atoms with E-state index in [2.05, 4.69) is 21.0 Å². The second-order valence-corrected chi connectivity index (χ2v) is 4.41. The Morgan fingerprint density at radius 3 is 2.59 bits per heavy atom. The van der Waals surface area contributed by atoms with Crippen LogP contribution in [-0.4, -0.2) is 16.9 Å². The van der Waals surface area contributed by atoms with E-state index in [4.69, 9.17) is 10.5 Å². The Labute approximate surface area is 106 Å². The number of nitrogens with zero attached hydrogens (tertiary/aromatic N) is 2. The minimum Gasteiger partial charge on any atom is -0.492 e. The van der Waals surface area contributed by atoms with E-state index in [1.807, 2.05) is 0 Å². The summed E-state index contributed by atoms with van der Waals surface area (Å²) in [5, 5.41) is 4.18. The molecule has 0 amide bonds. The van der Waals surface area contributed by atoms with Crippen LogP contribution in [0.5, 0.6) is 5.75 Å². The van der Waals surface area contributed by atoms with Gasteiger partial charge in [0, 0.05) is 18.7 Å². The Bertz CT molecular complexity index is 525. The highest BCUT2D eigenvalue weighted by atomic mass is 79.9. The molecule has 0 aliphatic rings. The minimum absolute atomic E-state index is 0.178. The molecule has 0 bridgehead atoms. The zero-order valence-electron chi connectivity index (χ0n) is 9.37. The molecule has 1 heterocycles. The zero-order valence-corrected chi connectivity index (χ0v) is 11.0. The normalized spacial score (nSPS) is 10.6. The standard InChI is InChI=1S/C11H11BrFN3O/c1-16-10(14)5-9(15-16)6-3-7(12)11(17-2)8(13)4-6/h3-5H,14H2,1-2H3. The summed E-state index contributed by atoms with van der Waals surface area (Å²) in [4.78, 5) is 0. The maximum Gasteiger partial charge on any atom is 0.168 e. The first-order valence-electron chi connectivity index (χ1n) is 4.86. The summed E-state index contributed by atoms with van der Waals surface area (Å²) in [5.41, 5.74) is 6.94. The SMILES string of the molecule is COc1c(F)cc(-c2cc(N)n(C)n2)cc1Br. The summed E-state index contributed by atoms with van der Waals surface area (Å²) < 4.78 is 20.7. The van der Waals surface area contributed by atoms with E-state index in [1.165, 1.54) is 17.9 Å². The van der Waals surface area contributed by atoms with Gasteiger partial charge in [-0.15, -0.1) is 0 Å². The van der Waals surface area contributed by atoms with Gasteiger partial charge in [0.25, 0.3) is 0 Å². The molecule has 0 atom stereocenters. The van der Waals surface area contributed by atoms with Gasteiger partial charge in [-0.05, 0) is 28.1 Å². The minimum atomic E-state index is -0.443. The summed E-state index contributed by atoms with van der Waals surface area (Å²) in [7, 11) is 3.15. The average molecular weight is 300 g/mol. The fourth-order valence-electron chi connectivity index (χ4n) is 1.53. The van der Waals surface area contributed by atoms with Crippen molar-refractivity contribution in [2.24, 2.45) is 7.05 Å². The van der Waals surface area contributed by atoms with E-state index >= 15 is 0 Å². The first-order chi connectivity index (χ1) is 8.02. The Kier molecular flexibility index (Phi) is 3.06. The molecule has 0 aliphatic carbocycles. The number of aromatic nitrogens is 2. The number of benzene rings is 1. The predicted octanol–water partition coefficient (Wildman–Crippen LogP) is 2.58. The van der Waals surface area contributed by atoms with Crippen molar-refractivity contribution in [3.63, 3.8) is 0 Å². The molecule has 4 nitrogen and oxygen atoms in total. The number of aryl methyl sites for hydroxylation is 1. The number of rotatable bonds is 2. The zero-order chi connectivity index (χ0) is 12.6. The third kappa shape index (κ3) is 2.12. The van der Waals surface area contributed by atoms with Gasteiger partial charge in [0.1, 0.15) is 5.82 Å². The fraction of sp³-hybridized carbons (Fsp3) is 0.182. The van der Waals surface area contributed by atoms with Crippen molar-refractivity contribution in [1.82, 2.24) is 9.78 Å². The van der Waals surface area contributed by atoms with E-state index in [0.717, 1.165) is 0 Å². The lowest BCUT2D eigenvalue weighted by Crippen LogP contribution is -1.96. The monoisotopic (exact) mass is 299 g/mol. The lowest BCUT2D eigenvalue weighted by atomic mass is 10.1. The van der Waals surface area contributed by atoms with Gasteiger partial charge in [-0.2, -0.15) is 5.10 Å². The largest absolute Gasteiger partial charge is 0.492 e. The van der Waals surface area contributed by atoms with Crippen molar-refractivity contribution >= 4 is 21.7 Å². The van der Waals surface area contributed by atoms with Crippen molar-refractivity contribution in [1.29, 1.82) is 0 Å². The third-order valence-corrected chi connectivity index (χ3v) is 3.00. The van der Waals surface area contributed by atoms with Crippen molar-refractivity contribution in [2.45, 2.75) is 0 Å². The molecule has 0 saturated heterocycles. The van der Waals surface area contributed by atoms with Gasteiger partial charge in [-0.25, -0.2) is 4.39 Å². The van der Waals surface area contributed by atoms with Gasteiger partial charge < -0.3 is 10.5 Å². The highest BCUT2D eigenvalue weighted by Crippen LogP contribution is 2.33. The molecule has 1 aromatic carbocycles. The number of hydrogen-bond donors (Lipinski definition) is 1. The highest BCUT2D eigenvalue weighted by Gasteiger charge is 2.13. The van der Waals surface area contributed by atoms with Crippen molar-refractivity contribution in [3.8, 4) is 17.0 Å². The van der Waals surface area contributed by atoms with Crippen LogP contribution in [0.1, 0.15) is 0 Å². The molecule has 2 N–H and O–H groups in total. The molecule has 17 heavy (non-hydrogen) atoms. The van der Waals surface area contributed by atoms with Crippen molar-refractivity contribution in [3.05, 3.63) is 28.5 Å². The molecule has 0 aliphatic heterocycles. The molecule has 90 valence electrons. The molecule has 1 aromatic heterocycles. The molecule has 0 radical (unpaired) electrons. The lowest BCUT2D eigenvalue weighted by Gasteiger charge is -2.06. The summed E-state index contributed by atoms with van der Waals surface area (Å²) in [6.45, 7) is 0. The van der Waals surface area contributed by atoms with Gasteiger partial charge in [-0.3, -0.25) is 4.68 Å². The van der Waals surface area contributed by atoms with E-state index in [1.54, 1.807) is 19.2 Å². The van der Waals surface area contributed by atoms with E-state index in [-0.39, 0.29) is 5.75 Å². The summed E-state index contributed by atoms with van der Waals surface area (Å²) in [5.74, 6) is 0.256. The van der Waals surface area contributed by atoms with Crippen LogP contribution >= 0.6 is 15.9 Å². The topological polar surface area (TPSA) is 53.1 Å². The van der Waals surface area contributed by atoms with Crippen LogP contribution in [0.25, 0.3) is 11.3 Å². The highest BCUT2D eigenvalue weighted by molar-refractivity contribution is 9.10. The lowest BCUT2D eigenvalue weighted by molar-refractivity contribution is 0.384. The van der Waals surface area contributed by atoms with Crippen LogP contribution in [0.3, 0.4) is 0 Å². The maximum absolute atomic E-state index is 13.7. The Morgan fingerprint density at radius 1 is 1.41 bits per heavy atom. The fourth-order valence-corrected chi connectivity index (χ4v) is 2.12. The number of halogens is 2. The maximum atomic E-state index is 13.7. The Balaban J connectivity index is 2.54. The number of nitrogens with two attached hydrogens (primary N) is 1. The molecular formula is C11H11BrFN3O. The molecular weight excluding hydrogens is 289 g/mol. The first-order valence-corrected chi connectivity index (χ1v) is 5.65. The van der Waals surface area contributed by atoms with E-state index in [0.29, 0.717) is 21.5 Å². The molecule has 2 aromatic rings. The number of ether oxygens (including phenoxy) is 1. The van der Waals surface area contributed by atoms with Crippen molar-refractivity contribution < 1.29 is 9.13 Å². The van der Waals surface area contributed by atoms with Gasteiger partial charge in [0.15, 0.2) is 11.6 Å². The van der Waals surface area contributed by atoms with Gasteiger partial charge in [-0.1, -0.05) is 0 Å². The second-order valence-electron chi connectivity index (χ2n) is 3.55. The summed E-state index contributed by atoms with van der Waals surface area (Å²) in [6, 6.07) is 4.79. The van der Waals surface area contributed by atoms with Gasteiger partial charge in [0.2, 0.25) is 0 Å². The van der Waals surface area contributed by atoms with Gasteiger partial charge in [0.05, 0.1) is 17.3 Å². The van der Waals surface area contributed by atoms with E-state index < -0.39 is 5.82 Å². The van der Waals surface area contributed by atoms with Crippen molar-refractivity contribution in [2.75, 3.05) is 12.8 Å². The number of anilines is 1. The second kappa shape index (κ2) is 4.37. The van der Waals surface area contributed by atoms with Crippen LogP contribution in [0.4, 0.5) is 10.2 Å². The number of hydrogen-bond acceptors (Lipinski definition) is 3. The van der Waals surface area contributed by atoms with E-state index in [9.17, 15) is 4.39 Å². The molecule has 0 unspecified atom stereocenters. The third-order valence-electron chi connectivity index (χ3n) is 2.41. The van der Waals surface area contributed by atoms with Crippen LogP contribution < -0.4 is 10.5 Å². The van der Waals surface area contributed by atoms with Crippen LogP contribution in [-0.2, 0) is 7.05 Å². The molecule has 0 saturated carbocycles. The number of nitrogen functional groups attached to an aromatic ring is 1. The Morgan fingerprint density at radius 2 is 2.12 bits per heavy atom. The van der Waals surface area contributed by atoms with Crippen LogP contribution in [0.15, 0.2) is 22.7 Å². The Hall–Kier alpha value is -1.56. The quantitative estimate of drug-likeness (QED) is 0.927. The predicted molar refractivity (Wildman–Crippen MR) is 67.3 cm³/mol. The smallest absolute Gasteiger partial charge is 0.168 e. The molecule has 0 fully saturated rings. The van der Waals surface area contributed by atoms with Crippen LogP contribution in [0.2, 0.25) is 0 Å². The first kappa shape index (κ1) is 11.9. The summed E-state index contributed by atoms with van der Waals surface area (Å²) in [6.07, 6.45) is 0. The summed E-state index contributed by atoms with van der Waals surface area (Å²) >= 11 is 3.25. The average Bonchev–Trinajstić information content (AvgIpc) is 2.59. The molecule has 0 spiro atoms. The molecule has 6 heteroatoms. The number of methoxy groups -OCH3 is 1.